The Labute approximate surface area is 113 Å². The van der Waals surface area contributed by atoms with E-state index in [0.717, 1.165) is 15.7 Å². The lowest BCUT2D eigenvalue weighted by molar-refractivity contribution is 1.08. The van der Waals surface area contributed by atoms with Crippen LogP contribution in [0, 0.1) is 0 Å². The lowest BCUT2D eigenvalue weighted by atomic mass is 10.1. The molecule has 2 aromatic rings. The van der Waals surface area contributed by atoms with Crippen molar-refractivity contribution in [2.45, 2.75) is 12.3 Å². The first kappa shape index (κ1) is 12.3. The van der Waals surface area contributed by atoms with Crippen LogP contribution in [0.1, 0.15) is 17.9 Å². The van der Waals surface area contributed by atoms with Gasteiger partial charge in [-0.3, -0.25) is 0 Å². The van der Waals surface area contributed by atoms with Crippen LogP contribution in [0.2, 0.25) is 0 Å². The van der Waals surface area contributed by atoms with Crippen molar-refractivity contribution in [3.8, 4) is 0 Å². The van der Waals surface area contributed by atoms with Gasteiger partial charge in [0.15, 0.2) is 0 Å². The standard InChI is InChI=1S/C12H11BrClN3/c1-8(14)10-4-2-3-5-11(10)17-12-15-6-9(13)7-16-12/h2-8H,1H3,(H,15,16,17). The molecule has 0 amide bonds. The summed E-state index contributed by atoms with van der Waals surface area (Å²) in [4.78, 5) is 8.32. The van der Waals surface area contributed by atoms with Gasteiger partial charge in [0.2, 0.25) is 5.95 Å². The van der Waals surface area contributed by atoms with Crippen LogP contribution in [0.5, 0.6) is 0 Å². The van der Waals surface area contributed by atoms with Gasteiger partial charge in [-0.1, -0.05) is 18.2 Å². The van der Waals surface area contributed by atoms with Crippen molar-refractivity contribution >= 4 is 39.2 Å². The summed E-state index contributed by atoms with van der Waals surface area (Å²) in [6.07, 6.45) is 3.39. The maximum atomic E-state index is 6.11. The van der Waals surface area contributed by atoms with Crippen LogP contribution < -0.4 is 5.32 Å². The molecule has 1 aromatic heterocycles. The summed E-state index contributed by atoms with van der Waals surface area (Å²) >= 11 is 9.41. The molecule has 0 spiro atoms. The Morgan fingerprint density at radius 1 is 1.24 bits per heavy atom. The summed E-state index contributed by atoms with van der Waals surface area (Å²) in [6.45, 7) is 1.94. The molecule has 0 radical (unpaired) electrons. The van der Waals surface area contributed by atoms with Gasteiger partial charge in [-0.05, 0) is 34.5 Å². The zero-order chi connectivity index (χ0) is 12.3. The van der Waals surface area contributed by atoms with Gasteiger partial charge in [0, 0.05) is 18.1 Å². The average Bonchev–Trinajstić information content (AvgIpc) is 2.32. The topological polar surface area (TPSA) is 37.8 Å². The van der Waals surface area contributed by atoms with Crippen molar-refractivity contribution in [3.63, 3.8) is 0 Å². The highest BCUT2D eigenvalue weighted by atomic mass is 79.9. The fourth-order valence-corrected chi connectivity index (χ4v) is 1.85. The van der Waals surface area contributed by atoms with E-state index in [4.69, 9.17) is 11.6 Å². The zero-order valence-corrected chi connectivity index (χ0v) is 11.5. The van der Waals surface area contributed by atoms with Crippen LogP contribution in [0.4, 0.5) is 11.6 Å². The Bertz CT molecular complexity index is 499. The van der Waals surface area contributed by atoms with E-state index in [1.165, 1.54) is 0 Å². The largest absolute Gasteiger partial charge is 0.324 e. The first-order valence-electron chi connectivity index (χ1n) is 5.14. The van der Waals surface area contributed by atoms with Crippen molar-refractivity contribution in [1.82, 2.24) is 9.97 Å². The molecule has 0 aliphatic heterocycles. The number of alkyl halides is 1. The summed E-state index contributed by atoms with van der Waals surface area (Å²) in [5, 5.41) is 3.09. The SMILES string of the molecule is CC(Cl)c1ccccc1Nc1ncc(Br)cn1. The number of nitrogens with one attached hydrogen (secondary N) is 1. The Hall–Kier alpha value is -1.13. The Morgan fingerprint density at radius 2 is 1.88 bits per heavy atom. The molecule has 0 fully saturated rings. The average molecular weight is 313 g/mol. The minimum absolute atomic E-state index is 0.0610. The molecule has 17 heavy (non-hydrogen) atoms. The lowest BCUT2D eigenvalue weighted by Crippen LogP contribution is -2.00. The maximum absolute atomic E-state index is 6.11. The van der Waals surface area contributed by atoms with E-state index in [9.17, 15) is 0 Å². The second kappa shape index (κ2) is 5.47. The second-order valence-electron chi connectivity index (χ2n) is 3.55. The van der Waals surface area contributed by atoms with Crippen LogP contribution in [0.3, 0.4) is 0 Å². The number of hydrogen-bond acceptors (Lipinski definition) is 3. The molecule has 88 valence electrons. The summed E-state index contributed by atoms with van der Waals surface area (Å²) in [5.74, 6) is 0.554. The van der Waals surface area contributed by atoms with E-state index in [-0.39, 0.29) is 5.38 Å². The van der Waals surface area contributed by atoms with Crippen molar-refractivity contribution < 1.29 is 0 Å². The number of rotatable bonds is 3. The van der Waals surface area contributed by atoms with E-state index in [2.05, 4.69) is 31.2 Å². The van der Waals surface area contributed by atoms with Crippen molar-refractivity contribution in [1.29, 1.82) is 0 Å². The lowest BCUT2D eigenvalue weighted by Gasteiger charge is -2.12. The fraction of sp³-hybridized carbons (Fsp3) is 0.167. The highest BCUT2D eigenvalue weighted by Gasteiger charge is 2.08. The van der Waals surface area contributed by atoms with Crippen molar-refractivity contribution in [3.05, 3.63) is 46.7 Å². The molecule has 0 bridgehead atoms. The smallest absolute Gasteiger partial charge is 0.227 e. The number of nitrogens with zero attached hydrogens (tertiary/aromatic N) is 2. The number of hydrogen-bond donors (Lipinski definition) is 1. The highest BCUT2D eigenvalue weighted by Crippen LogP contribution is 2.28. The third-order valence-electron chi connectivity index (χ3n) is 2.26. The van der Waals surface area contributed by atoms with E-state index in [1.54, 1.807) is 12.4 Å². The Kier molecular flexibility index (Phi) is 3.97. The molecule has 0 saturated carbocycles. The van der Waals surface area contributed by atoms with Crippen molar-refractivity contribution in [2.75, 3.05) is 5.32 Å². The van der Waals surface area contributed by atoms with E-state index in [1.807, 2.05) is 31.2 Å². The van der Waals surface area contributed by atoms with E-state index < -0.39 is 0 Å². The van der Waals surface area contributed by atoms with E-state index >= 15 is 0 Å². The van der Waals surface area contributed by atoms with Gasteiger partial charge in [-0.2, -0.15) is 0 Å². The Balaban J connectivity index is 2.26. The predicted octanol–water partition coefficient (Wildman–Crippen LogP) is 4.28. The van der Waals surface area contributed by atoms with Gasteiger partial charge in [0.25, 0.3) is 0 Å². The number of halogens is 2. The molecule has 2 rings (SSSR count). The van der Waals surface area contributed by atoms with Gasteiger partial charge in [0.1, 0.15) is 0 Å². The predicted molar refractivity (Wildman–Crippen MR) is 73.7 cm³/mol. The third kappa shape index (κ3) is 3.17. The maximum Gasteiger partial charge on any atom is 0.227 e. The van der Waals surface area contributed by atoms with Gasteiger partial charge in [-0.15, -0.1) is 11.6 Å². The molecule has 1 aromatic carbocycles. The number of aromatic nitrogens is 2. The molecule has 1 heterocycles. The molecule has 1 atom stereocenters. The quantitative estimate of drug-likeness (QED) is 0.860. The van der Waals surface area contributed by atoms with Crippen LogP contribution >= 0.6 is 27.5 Å². The summed E-state index contributed by atoms with van der Waals surface area (Å²) in [7, 11) is 0. The highest BCUT2D eigenvalue weighted by molar-refractivity contribution is 9.10. The van der Waals surface area contributed by atoms with Gasteiger partial charge >= 0.3 is 0 Å². The van der Waals surface area contributed by atoms with Crippen molar-refractivity contribution in [2.24, 2.45) is 0 Å². The first-order chi connectivity index (χ1) is 8.16. The Morgan fingerprint density at radius 3 is 2.53 bits per heavy atom. The van der Waals surface area contributed by atoms with Crippen LogP contribution in [-0.4, -0.2) is 9.97 Å². The number of anilines is 2. The van der Waals surface area contributed by atoms with Crippen LogP contribution in [0.25, 0.3) is 0 Å². The van der Waals surface area contributed by atoms with Crippen LogP contribution in [0.15, 0.2) is 41.1 Å². The fourth-order valence-electron chi connectivity index (χ4n) is 1.45. The number of benzene rings is 1. The molecule has 1 unspecified atom stereocenters. The molecular weight excluding hydrogens is 302 g/mol. The second-order valence-corrected chi connectivity index (χ2v) is 5.12. The molecule has 0 aliphatic carbocycles. The van der Waals surface area contributed by atoms with Gasteiger partial charge in [-0.25, -0.2) is 9.97 Å². The summed E-state index contributed by atoms with van der Waals surface area (Å²) in [6, 6.07) is 7.85. The number of para-hydroxylation sites is 1. The summed E-state index contributed by atoms with van der Waals surface area (Å²) < 4.78 is 0.849. The molecule has 0 saturated heterocycles. The van der Waals surface area contributed by atoms with Gasteiger partial charge < -0.3 is 5.32 Å². The first-order valence-corrected chi connectivity index (χ1v) is 6.37. The minimum Gasteiger partial charge on any atom is -0.324 e. The monoisotopic (exact) mass is 311 g/mol. The van der Waals surface area contributed by atoms with Gasteiger partial charge in [0.05, 0.1) is 9.85 Å². The molecule has 5 heteroatoms. The zero-order valence-electron chi connectivity index (χ0n) is 9.19. The molecular formula is C12H11BrClN3. The molecule has 0 aliphatic rings. The third-order valence-corrected chi connectivity index (χ3v) is 2.90. The molecule has 1 N–H and O–H groups in total. The van der Waals surface area contributed by atoms with E-state index in [0.29, 0.717) is 5.95 Å². The minimum atomic E-state index is -0.0610. The summed E-state index contributed by atoms with van der Waals surface area (Å²) in [5.41, 5.74) is 1.96. The molecule has 3 nitrogen and oxygen atoms in total. The van der Waals surface area contributed by atoms with Crippen LogP contribution in [-0.2, 0) is 0 Å². The normalized spacial score (nSPS) is 12.2.